The van der Waals surface area contributed by atoms with E-state index in [0.29, 0.717) is 5.56 Å². The first-order valence-corrected chi connectivity index (χ1v) is 7.31. The average Bonchev–Trinajstić information content (AvgIpc) is 2.61. The second-order valence-corrected chi connectivity index (χ2v) is 5.30. The fourth-order valence-corrected chi connectivity index (χ4v) is 2.14. The van der Waals surface area contributed by atoms with E-state index in [9.17, 15) is 25.0 Å². The highest BCUT2D eigenvalue weighted by Gasteiger charge is 2.14. The lowest BCUT2D eigenvalue weighted by Gasteiger charge is -2.06. The number of halogens is 1. The summed E-state index contributed by atoms with van der Waals surface area (Å²) in [5.74, 6) is -0.776. The molecule has 0 saturated heterocycles. The normalized spacial score (nSPS) is 10.7. The second-order valence-electron chi connectivity index (χ2n) is 4.89. The second kappa shape index (κ2) is 7.87. The van der Waals surface area contributed by atoms with E-state index in [4.69, 9.17) is 16.9 Å². The van der Waals surface area contributed by atoms with Crippen LogP contribution in [0.1, 0.15) is 5.56 Å². The number of carbonyl (C=O) groups excluding carboxylic acids is 1. The molecule has 0 fully saturated rings. The van der Waals surface area contributed by atoms with Gasteiger partial charge in [-0.3, -0.25) is 25.0 Å². The van der Waals surface area contributed by atoms with Crippen LogP contribution in [0.15, 0.2) is 48.0 Å². The summed E-state index contributed by atoms with van der Waals surface area (Å²) < 4.78 is 0. The summed E-state index contributed by atoms with van der Waals surface area (Å²) in [5, 5.41) is 32.8. The van der Waals surface area contributed by atoms with Crippen LogP contribution in [0.4, 0.5) is 17.1 Å². The number of rotatable bonds is 5. The highest BCUT2D eigenvalue weighted by atomic mass is 35.5. The number of hydrogen-bond acceptors (Lipinski definition) is 6. The van der Waals surface area contributed by atoms with Gasteiger partial charge in [0.05, 0.1) is 20.6 Å². The lowest BCUT2D eigenvalue weighted by atomic mass is 10.1. The minimum atomic E-state index is -0.776. The standard InChI is InChI=1S/C16H9ClN4O5/c17-14-8-13(21(25)26)5-6-15(14)19-16(22)11(9-18)7-10-1-3-12(4-2-10)20(23)24/h1-8H,(H,19,22)/b11-7+. The molecule has 0 unspecified atom stereocenters. The van der Waals surface area contributed by atoms with E-state index in [-0.39, 0.29) is 27.7 Å². The minimum Gasteiger partial charge on any atom is -0.320 e. The monoisotopic (exact) mass is 372 g/mol. The SMILES string of the molecule is N#C/C(=C\c1ccc([N+](=O)[O-])cc1)C(=O)Nc1ccc([N+](=O)[O-])cc1Cl. The molecule has 0 aromatic heterocycles. The number of amides is 1. The minimum absolute atomic E-state index is 0.0554. The highest BCUT2D eigenvalue weighted by molar-refractivity contribution is 6.34. The number of nitro groups is 2. The van der Waals surface area contributed by atoms with Gasteiger partial charge in [0.1, 0.15) is 11.6 Å². The molecule has 10 heteroatoms. The average molecular weight is 373 g/mol. The van der Waals surface area contributed by atoms with E-state index >= 15 is 0 Å². The molecular weight excluding hydrogens is 364 g/mol. The Hall–Kier alpha value is -3.77. The molecule has 0 bridgehead atoms. The van der Waals surface area contributed by atoms with Crippen LogP contribution in [0.3, 0.4) is 0 Å². The Kier molecular flexibility index (Phi) is 5.62. The smallest absolute Gasteiger partial charge is 0.271 e. The zero-order valence-corrected chi connectivity index (χ0v) is 13.6. The summed E-state index contributed by atoms with van der Waals surface area (Å²) in [5.41, 5.74) is -0.116. The molecule has 0 aliphatic carbocycles. The third-order valence-corrected chi connectivity index (χ3v) is 3.50. The summed E-state index contributed by atoms with van der Waals surface area (Å²) >= 11 is 5.89. The topological polar surface area (TPSA) is 139 Å². The zero-order valence-electron chi connectivity index (χ0n) is 12.9. The van der Waals surface area contributed by atoms with Gasteiger partial charge in [-0.1, -0.05) is 11.6 Å². The van der Waals surface area contributed by atoms with E-state index in [2.05, 4.69) is 5.32 Å². The molecular formula is C16H9ClN4O5. The van der Waals surface area contributed by atoms with Crippen LogP contribution in [-0.4, -0.2) is 15.8 Å². The fourth-order valence-electron chi connectivity index (χ4n) is 1.92. The number of nitro benzene ring substituents is 2. The molecule has 0 aliphatic rings. The predicted molar refractivity (Wildman–Crippen MR) is 93.4 cm³/mol. The largest absolute Gasteiger partial charge is 0.320 e. The van der Waals surface area contributed by atoms with E-state index in [1.165, 1.54) is 36.4 Å². The van der Waals surface area contributed by atoms with Gasteiger partial charge in [-0.25, -0.2) is 0 Å². The number of hydrogen-bond donors (Lipinski definition) is 1. The van der Waals surface area contributed by atoms with Crippen molar-refractivity contribution in [3.63, 3.8) is 0 Å². The molecule has 0 saturated carbocycles. The maximum absolute atomic E-state index is 12.2. The molecule has 9 nitrogen and oxygen atoms in total. The first kappa shape index (κ1) is 18.6. The van der Waals surface area contributed by atoms with Crippen molar-refractivity contribution in [2.75, 3.05) is 5.32 Å². The van der Waals surface area contributed by atoms with Crippen molar-refractivity contribution < 1.29 is 14.6 Å². The molecule has 2 aromatic rings. The summed E-state index contributed by atoms with van der Waals surface area (Å²) in [6.45, 7) is 0. The van der Waals surface area contributed by atoms with Crippen molar-refractivity contribution in [1.82, 2.24) is 0 Å². The van der Waals surface area contributed by atoms with E-state index < -0.39 is 15.8 Å². The van der Waals surface area contributed by atoms with E-state index in [1.54, 1.807) is 6.07 Å². The molecule has 130 valence electrons. The van der Waals surface area contributed by atoms with E-state index in [1.807, 2.05) is 0 Å². The van der Waals surface area contributed by atoms with Crippen molar-refractivity contribution in [2.24, 2.45) is 0 Å². The van der Waals surface area contributed by atoms with Crippen molar-refractivity contribution in [3.05, 3.63) is 78.9 Å². The summed E-state index contributed by atoms with van der Waals surface area (Å²) in [6, 6.07) is 10.5. The fraction of sp³-hybridized carbons (Fsp3) is 0. The van der Waals surface area contributed by atoms with Crippen LogP contribution in [0.25, 0.3) is 6.08 Å². The van der Waals surface area contributed by atoms with Gasteiger partial charge in [-0.05, 0) is 29.8 Å². The highest BCUT2D eigenvalue weighted by Crippen LogP contribution is 2.27. The first-order valence-electron chi connectivity index (χ1n) is 6.93. The Balaban J connectivity index is 2.22. The molecule has 0 heterocycles. The van der Waals surface area contributed by atoms with Crippen LogP contribution >= 0.6 is 11.6 Å². The third-order valence-electron chi connectivity index (χ3n) is 3.19. The van der Waals surface area contributed by atoms with Crippen LogP contribution in [0.5, 0.6) is 0 Å². The molecule has 2 aromatic carbocycles. The van der Waals surface area contributed by atoms with Crippen LogP contribution in [0, 0.1) is 31.6 Å². The van der Waals surface area contributed by atoms with Crippen LogP contribution in [-0.2, 0) is 4.79 Å². The number of non-ortho nitro benzene ring substituents is 2. The Morgan fingerprint density at radius 2 is 1.65 bits per heavy atom. The molecule has 1 amide bonds. The van der Waals surface area contributed by atoms with Crippen molar-refractivity contribution in [1.29, 1.82) is 5.26 Å². The zero-order chi connectivity index (χ0) is 19.3. The van der Waals surface area contributed by atoms with Gasteiger partial charge >= 0.3 is 0 Å². The quantitative estimate of drug-likeness (QED) is 0.367. The Morgan fingerprint density at radius 3 is 2.15 bits per heavy atom. The van der Waals surface area contributed by atoms with Gasteiger partial charge in [0.25, 0.3) is 17.3 Å². The lowest BCUT2D eigenvalue weighted by molar-refractivity contribution is -0.385. The van der Waals surface area contributed by atoms with E-state index in [0.717, 1.165) is 12.1 Å². The van der Waals surface area contributed by atoms with Crippen LogP contribution < -0.4 is 5.32 Å². The third kappa shape index (κ3) is 4.40. The maximum atomic E-state index is 12.2. The molecule has 26 heavy (non-hydrogen) atoms. The number of nitrogens with one attached hydrogen (secondary N) is 1. The Morgan fingerprint density at radius 1 is 1.08 bits per heavy atom. The van der Waals surface area contributed by atoms with Gasteiger partial charge in [-0.15, -0.1) is 0 Å². The summed E-state index contributed by atoms with van der Waals surface area (Å²) in [4.78, 5) is 32.3. The number of carbonyl (C=O) groups is 1. The van der Waals surface area contributed by atoms with Gasteiger partial charge in [0.15, 0.2) is 0 Å². The number of nitrogens with zero attached hydrogens (tertiary/aromatic N) is 3. The predicted octanol–water partition coefficient (Wildman–Crippen LogP) is 3.70. The molecule has 0 aliphatic heterocycles. The summed E-state index contributed by atoms with van der Waals surface area (Å²) in [7, 11) is 0. The molecule has 0 spiro atoms. The van der Waals surface area contributed by atoms with Gasteiger partial charge in [-0.2, -0.15) is 5.26 Å². The maximum Gasteiger partial charge on any atom is 0.271 e. The van der Waals surface area contributed by atoms with Gasteiger partial charge in [0, 0.05) is 24.3 Å². The Labute approximate surface area is 151 Å². The van der Waals surface area contributed by atoms with Crippen molar-refractivity contribution >= 4 is 40.6 Å². The molecule has 0 atom stereocenters. The Bertz CT molecular complexity index is 964. The lowest BCUT2D eigenvalue weighted by Crippen LogP contribution is -2.13. The van der Waals surface area contributed by atoms with Crippen molar-refractivity contribution in [2.45, 2.75) is 0 Å². The van der Waals surface area contributed by atoms with Crippen LogP contribution in [0.2, 0.25) is 5.02 Å². The number of anilines is 1. The first-order chi connectivity index (χ1) is 12.3. The molecule has 2 rings (SSSR count). The van der Waals surface area contributed by atoms with Crippen molar-refractivity contribution in [3.8, 4) is 6.07 Å². The summed E-state index contributed by atoms with van der Waals surface area (Å²) in [6.07, 6.45) is 1.25. The molecule has 1 N–H and O–H groups in total. The van der Waals surface area contributed by atoms with Gasteiger partial charge in [0.2, 0.25) is 0 Å². The molecule has 0 radical (unpaired) electrons. The number of benzene rings is 2. The number of nitriles is 1. The van der Waals surface area contributed by atoms with Gasteiger partial charge < -0.3 is 5.32 Å².